The monoisotopic (exact) mass is 289 g/mol. The molecule has 1 aromatic carbocycles. The van der Waals surface area contributed by atoms with Gasteiger partial charge in [-0.05, 0) is 39.9 Å². The third-order valence-electron chi connectivity index (χ3n) is 3.99. The van der Waals surface area contributed by atoms with E-state index in [4.69, 9.17) is 0 Å². The molecule has 0 spiro atoms. The predicted octanol–water partition coefficient (Wildman–Crippen LogP) is 2.20. The minimum absolute atomic E-state index is 0.0550. The summed E-state index contributed by atoms with van der Waals surface area (Å²) in [5.41, 5.74) is 3.50. The summed E-state index contributed by atoms with van der Waals surface area (Å²) in [4.78, 5) is 2.19. The molecular formula is C16H19NO2S. The zero-order valence-electron chi connectivity index (χ0n) is 11.3. The van der Waals surface area contributed by atoms with E-state index in [-0.39, 0.29) is 12.6 Å². The number of aliphatic hydroxyl groups is 2. The fraction of sp³-hybridized carbons (Fsp3) is 0.375. The molecule has 0 aliphatic heterocycles. The second-order valence-electron chi connectivity index (χ2n) is 5.24. The topological polar surface area (TPSA) is 43.7 Å². The molecule has 106 valence electrons. The number of hydrogen-bond donors (Lipinski definition) is 2. The maximum atomic E-state index is 10.5. The summed E-state index contributed by atoms with van der Waals surface area (Å²) < 4.78 is 0. The van der Waals surface area contributed by atoms with Gasteiger partial charge in [-0.2, -0.15) is 11.3 Å². The Bertz CT molecular complexity index is 555. The van der Waals surface area contributed by atoms with Gasteiger partial charge in [0.1, 0.15) is 0 Å². The van der Waals surface area contributed by atoms with Crippen LogP contribution in [0, 0.1) is 0 Å². The number of fused-ring (bicyclic) bond motifs is 1. The van der Waals surface area contributed by atoms with Crippen LogP contribution < -0.4 is 0 Å². The Morgan fingerprint density at radius 2 is 2.10 bits per heavy atom. The van der Waals surface area contributed by atoms with Crippen LogP contribution in [0.1, 0.15) is 22.8 Å². The smallest absolute Gasteiger partial charge is 0.0951 e. The Hall–Kier alpha value is -1.20. The number of nitrogens with zero attached hydrogens (tertiary/aromatic N) is 1. The van der Waals surface area contributed by atoms with Crippen LogP contribution in [-0.4, -0.2) is 34.3 Å². The van der Waals surface area contributed by atoms with Crippen LogP contribution in [0.5, 0.6) is 0 Å². The van der Waals surface area contributed by atoms with Gasteiger partial charge in [0.15, 0.2) is 0 Å². The molecule has 0 unspecified atom stereocenters. The molecule has 1 aromatic heterocycles. The first-order chi connectivity index (χ1) is 9.79. The molecular weight excluding hydrogens is 270 g/mol. The Morgan fingerprint density at radius 3 is 2.80 bits per heavy atom. The summed E-state index contributed by atoms with van der Waals surface area (Å²) >= 11 is 1.68. The lowest BCUT2D eigenvalue weighted by atomic mass is 10.1. The molecule has 20 heavy (non-hydrogen) atoms. The molecule has 1 aliphatic carbocycles. The van der Waals surface area contributed by atoms with E-state index in [2.05, 4.69) is 27.8 Å². The van der Waals surface area contributed by atoms with Gasteiger partial charge in [0.05, 0.1) is 12.7 Å². The first kappa shape index (κ1) is 13.8. The zero-order valence-corrected chi connectivity index (χ0v) is 12.1. The normalized spacial score (nSPS) is 21.4. The van der Waals surface area contributed by atoms with Gasteiger partial charge in [0.25, 0.3) is 0 Å². The highest BCUT2D eigenvalue weighted by molar-refractivity contribution is 7.07. The van der Waals surface area contributed by atoms with Crippen LogP contribution in [0.4, 0.5) is 0 Å². The fourth-order valence-electron chi connectivity index (χ4n) is 2.99. The van der Waals surface area contributed by atoms with Crippen LogP contribution in [0.3, 0.4) is 0 Å². The summed E-state index contributed by atoms with van der Waals surface area (Å²) in [7, 11) is 0. The van der Waals surface area contributed by atoms with E-state index in [1.165, 1.54) is 11.1 Å². The van der Waals surface area contributed by atoms with Crippen LogP contribution in [0.2, 0.25) is 0 Å². The third-order valence-corrected chi connectivity index (χ3v) is 4.72. The summed E-state index contributed by atoms with van der Waals surface area (Å²) in [6.07, 6.45) is 0.387. The highest BCUT2D eigenvalue weighted by Gasteiger charge is 2.34. The van der Waals surface area contributed by atoms with E-state index in [0.29, 0.717) is 6.54 Å². The van der Waals surface area contributed by atoms with Crippen molar-refractivity contribution in [3.05, 3.63) is 57.8 Å². The van der Waals surface area contributed by atoms with Gasteiger partial charge in [-0.25, -0.2) is 0 Å². The van der Waals surface area contributed by atoms with Crippen molar-refractivity contribution >= 4 is 11.3 Å². The summed E-state index contributed by atoms with van der Waals surface area (Å²) in [5.74, 6) is 0. The molecule has 0 bridgehead atoms. The van der Waals surface area contributed by atoms with Gasteiger partial charge in [0.2, 0.25) is 0 Å². The number of thiophene rings is 1. The van der Waals surface area contributed by atoms with Gasteiger partial charge in [0, 0.05) is 19.1 Å². The number of benzene rings is 1. The predicted molar refractivity (Wildman–Crippen MR) is 80.7 cm³/mol. The molecule has 1 heterocycles. The molecule has 3 nitrogen and oxygen atoms in total. The summed E-state index contributed by atoms with van der Waals surface area (Å²) in [5, 5.41) is 24.0. The molecule has 4 heteroatoms. The molecule has 3 rings (SSSR count). The van der Waals surface area contributed by atoms with E-state index in [1.807, 2.05) is 18.2 Å². The molecule has 0 amide bonds. The van der Waals surface area contributed by atoms with Gasteiger partial charge in [-0.1, -0.05) is 24.3 Å². The number of rotatable bonds is 5. The van der Waals surface area contributed by atoms with Crippen LogP contribution in [0.25, 0.3) is 0 Å². The minimum Gasteiger partial charge on any atom is -0.395 e. The Morgan fingerprint density at radius 1 is 1.25 bits per heavy atom. The van der Waals surface area contributed by atoms with Crippen molar-refractivity contribution in [2.45, 2.75) is 25.1 Å². The van der Waals surface area contributed by atoms with Crippen molar-refractivity contribution in [3.63, 3.8) is 0 Å². The van der Waals surface area contributed by atoms with Crippen molar-refractivity contribution in [2.75, 3.05) is 13.2 Å². The van der Waals surface area contributed by atoms with Gasteiger partial charge >= 0.3 is 0 Å². The van der Waals surface area contributed by atoms with Crippen molar-refractivity contribution in [1.29, 1.82) is 0 Å². The van der Waals surface area contributed by atoms with E-state index >= 15 is 0 Å². The first-order valence-corrected chi connectivity index (χ1v) is 7.85. The van der Waals surface area contributed by atoms with Crippen molar-refractivity contribution in [2.24, 2.45) is 0 Å². The fourth-order valence-corrected chi connectivity index (χ4v) is 3.65. The van der Waals surface area contributed by atoms with Crippen molar-refractivity contribution in [3.8, 4) is 0 Å². The lowest BCUT2D eigenvalue weighted by Gasteiger charge is -2.30. The van der Waals surface area contributed by atoms with E-state index in [0.717, 1.165) is 18.5 Å². The lowest BCUT2D eigenvalue weighted by Crippen LogP contribution is -2.39. The largest absolute Gasteiger partial charge is 0.395 e. The SMILES string of the molecule is OCCN(Cc1ccsc1)[C@@H]1Cc2ccccc2[C@H]1O. The van der Waals surface area contributed by atoms with Crippen LogP contribution in [-0.2, 0) is 13.0 Å². The molecule has 2 aromatic rings. The Balaban J connectivity index is 1.79. The summed E-state index contributed by atoms with van der Waals surface area (Å²) in [6.45, 7) is 1.48. The molecule has 2 N–H and O–H groups in total. The maximum absolute atomic E-state index is 10.5. The van der Waals surface area contributed by atoms with Gasteiger partial charge < -0.3 is 10.2 Å². The summed E-state index contributed by atoms with van der Waals surface area (Å²) in [6, 6.07) is 10.2. The molecule has 0 radical (unpaired) electrons. The molecule has 0 fully saturated rings. The molecule has 0 saturated heterocycles. The first-order valence-electron chi connectivity index (χ1n) is 6.91. The van der Waals surface area contributed by atoms with E-state index in [1.54, 1.807) is 11.3 Å². The lowest BCUT2D eigenvalue weighted by molar-refractivity contribution is 0.0453. The molecule has 0 saturated carbocycles. The quantitative estimate of drug-likeness (QED) is 0.887. The Labute approximate surface area is 123 Å². The average molecular weight is 289 g/mol. The highest BCUT2D eigenvalue weighted by atomic mass is 32.1. The molecule has 2 atom stereocenters. The van der Waals surface area contributed by atoms with Crippen molar-refractivity contribution in [1.82, 2.24) is 4.90 Å². The van der Waals surface area contributed by atoms with Crippen LogP contribution >= 0.6 is 11.3 Å². The van der Waals surface area contributed by atoms with Crippen LogP contribution in [0.15, 0.2) is 41.1 Å². The average Bonchev–Trinajstić information content (AvgIpc) is 3.07. The van der Waals surface area contributed by atoms with E-state index < -0.39 is 6.10 Å². The van der Waals surface area contributed by atoms with Gasteiger partial charge in [-0.15, -0.1) is 0 Å². The highest BCUT2D eigenvalue weighted by Crippen LogP contribution is 2.34. The number of aliphatic hydroxyl groups excluding tert-OH is 2. The molecule has 1 aliphatic rings. The zero-order chi connectivity index (χ0) is 13.9. The number of hydrogen-bond acceptors (Lipinski definition) is 4. The standard InChI is InChI=1S/C16H19NO2S/c18-7-6-17(10-12-5-8-20-11-12)15-9-13-3-1-2-4-14(13)16(15)19/h1-5,8,11,15-16,18-19H,6-7,9-10H2/t15-,16-/m1/s1. The van der Waals surface area contributed by atoms with Gasteiger partial charge in [-0.3, -0.25) is 4.90 Å². The van der Waals surface area contributed by atoms with Crippen molar-refractivity contribution < 1.29 is 10.2 Å². The maximum Gasteiger partial charge on any atom is 0.0951 e. The second kappa shape index (κ2) is 6.06. The third kappa shape index (κ3) is 2.65. The minimum atomic E-state index is -0.462. The Kier molecular flexibility index (Phi) is 4.17. The van der Waals surface area contributed by atoms with E-state index in [9.17, 15) is 10.2 Å². The second-order valence-corrected chi connectivity index (χ2v) is 6.02.